The number of nitrogens with zero attached hydrogens (tertiary/aromatic N) is 1. The largest absolute Gasteiger partial charge is 0.489 e. The Bertz CT molecular complexity index is 958. The monoisotopic (exact) mass is 434 g/mol. The Balaban J connectivity index is 1.61. The Morgan fingerprint density at radius 2 is 1.72 bits per heavy atom. The molecule has 0 atom stereocenters. The smallest absolute Gasteiger partial charge is 0.256 e. The maximum atomic E-state index is 12.9. The van der Waals surface area contributed by atoms with Crippen LogP contribution in [0.4, 0.5) is 5.69 Å². The van der Waals surface area contributed by atoms with Crippen molar-refractivity contribution in [3.63, 3.8) is 0 Å². The number of benzene rings is 2. The number of halogens is 2. The van der Waals surface area contributed by atoms with Crippen LogP contribution < -0.4 is 14.8 Å². The number of hydrogen-bond donors (Lipinski definition) is 1. The van der Waals surface area contributed by atoms with Crippen molar-refractivity contribution in [1.29, 1.82) is 0 Å². The van der Waals surface area contributed by atoms with Gasteiger partial charge in [0.05, 0.1) is 29.5 Å². The maximum Gasteiger partial charge on any atom is 0.256 e. The summed E-state index contributed by atoms with van der Waals surface area (Å²) < 4.78 is 11.2. The van der Waals surface area contributed by atoms with E-state index < -0.39 is 5.91 Å². The van der Waals surface area contributed by atoms with E-state index >= 15 is 0 Å². The van der Waals surface area contributed by atoms with Crippen LogP contribution in [0.3, 0.4) is 0 Å². The van der Waals surface area contributed by atoms with Gasteiger partial charge >= 0.3 is 0 Å². The van der Waals surface area contributed by atoms with Gasteiger partial charge in [0.2, 0.25) is 0 Å². The molecule has 2 aliphatic heterocycles. The molecule has 4 rings (SSSR count). The van der Waals surface area contributed by atoms with E-state index in [2.05, 4.69) is 5.32 Å². The van der Waals surface area contributed by atoms with E-state index in [1.165, 1.54) is 6.07 Å². The third kappa shape index (κ3) is 4.28. The van der Waals surface area contributed by atoms with Crippen LogP contribution in [0.2, 0.25) is 10.0 Å². The highest BCUT2D eigenvalue weighted by Crippen LogP contribution is 2.38. The minimum absolute atomic E-state index is 0.142. The first kappa shape index (κ1) is 19.9. The average Bonchev–Trinajstić information content (AvgIpc) is 3.14. The van der Waals surface area contributed by atoms with Gasteiger partial charge < -0.3 is 19.7 Å². The topological polar surface area (TPSA) is 67.9 Å². The summed E-state index contributed by atoms with van der Waals surface area (Å²) in [6, 6.07) is 7.98. The molecule has 1 fully saturated rings. The van der Waals surface area contributed by atoms with E-state index in [0.717, 1.165) is 19.3 Å². The molecule has 152 valence electrons. The van der Waals surface area contributed by atoms with Crippen LogP contribution in [-0.4, -0.2) is 43.0 Å². The van der Waals surface area contributed by atoms with Gasteiger partial charge in [-0.15, -0.1) is 0 Å². The van der Waals surface area contributed by atoms with Crippen molar-refractivity contribution in [3.8, 4) is 11.5 Å². The second kappa shape index (κ2) is 8.51. The number of ether oxygens (including phenoxy) is 2. The number of carbonyl (C=O) groups is 2. The van der Waals surface area contributed by atoms with Gasteiger partial charge in [-0.3, -0.25) is 9.59 Å². The third-order valence-corrected chi connectivity index (χ3v) is 5.43. The van der Waals surface area contributed by atoms with Gasteiger partial charge in [-0.05, 0) is 43.2 Å². The first-order valence-corrected chi connectivity index (χ1v) is 10.3. The van der Waals surface area contributed by atoms with Gasteiger partial charge in [0.1, 0.15) is 0 Å². The molecule has 29 heavy (non-hydrogen) atoms. The quantitative estimate of drug-likeness (QED) is 0.763. The molecule has 0 aliphatic carbocycles. The normalized spacial score (nSPS) is 15.7. The average molecular weight is 435 g/mol. The van der Waals surface area contributed by atoms with Crippen LogP contribution in [-0.2, 0) is 0 Å². The van der Waals surface area contributed by atoms with Crippen molar-refractivity contribution in [2.75, 3.05) is 31.6 Å². The highest BCUT2D eigenvalue weighted by Gasteiger charge is 2.24. The number of hydrogen-bond acceptors (Lipinski definition) is 4. The van der Waals surface area contributed by atoms with Gasteiger partial charge in [0.15, 0.2) is 11.5 Å². The van der Waals surface area contributed by atoms with Crippen molar-refractivity contribution in [3.05, 3.63) is 51.5 Å². The summed E-state index contributed by atoms with van der Waals surface area (Å²) in [6.07, 6.45) is 2.69. The van der Waals surface area contributed by atoms with E-state index in [1.54, 1.807) is 29.2 Å². The van der Waals surface area contributed by atoms with E-state index in [-0.39, 0.29) is 5.91 Å². The van der Waals surface area contributed by atoms with Crippen molar-refractivity contribution in [2.24, 2.45) is 0 Å². The first-order valence-electron chi connectivity index (χ1n) is 9.52. The molecule has 2 aromatic rings. The third-order valence-electron chi connectivity index (χ3n) is 4.92. The second-order valence-electron chi connectivity index (χ2n) is 6.98. The molecule has 0 bridgehead atoms. The van der Waals surface area contributed by atoms with Gasteiger partial charge in [-0.1, -0.05) is 23.2 Å². The minimum Gasteiger partial charge on any atom is -0.489 e. The van der Waals surface area contributed by atoms with E-state index in [1.807, 2.05) is 0 Å². The van der Waals surface area contributed by atoms with Crippen molar-refractivity contribution < 1.29 is 19.1 Å². The van der Waals surface area contributed by atoms with E-state index in [4.69, 9.17) is 32.7 Å². The lowest BCUT2D eigenvalue weighted by atomic mass is 10.1. The number of carbonyl (C=O) groups excluding carboxylic acids is 2. The molecule has 2 amide bonds. The molecule has 1 N–H and O–H groups in total. The number of fused-ring (bicyclic) bond motifs is 1. The van der Waals surface area contributed by atoms with Gasteiger partial charge in [-0.2, -0.15) is 0 Å². The van der Waals surface area contributed by atoms with Gasteiger partial charge in [0, 0.05) is 30.1 Å². The first-order chi connectivity index (χ1) is 14.0. The lowest BCUT2D eigenvalue weighted by Gasteiger charge is -2.18. The molecule has 0 unspecified atom stereocenters. The van der Waals surface area contributed by atoms with Crippen molar-refractivity contribution in [2.45, 2.75) is 19.3 Å². The Hall–Kier alpha value is -2.44. The fraction of sp³-hybridized carbons (Fsp3) is 0.333. The summed E-state index contributed by atoms with van der Waals surface area (Å²) >= 11 is 12.4. The van der Waals surface area contributed by atoms with Gasteiger partial charge in [0.25, 0.3) is 11.8 Å². The molecule has 2 aromatic carbocycles. The Morgan fingerprint density at radius 3 is 2.52 bits per heavy atom. The zero-order valence-electron chi connectivity index (χ0n) is 15.7. The molecule has 0 spiro atoms. The van der Waals surface area contributed by atoms with E-state index in [9.17, 15) is 9.59 Å². The maximum absolute atomic E-state index is 12.9. The lowest BCUT2D eigenvalue weighted by molar-refractivity contribution is 0.0794. The molecule has 6 nitrogen and oxygen atoms in total. The Morgan fingerprint density at radius 1 is 0.966 bits per heavy atom. The Kier molecular flexibility index (Phi) is 5.83. The minimum atomic E-state index is -0.402. The molecular weight excluding hydrogens is 415 g/mol. The molecule has 0 saturated carbocycles. The van der Waals surface area contributed by atoms with E-state index in [0.29, 0.717) is 64.7 Å². The highest BCUT2D eigenvalue weighted by atomic mass is 35.5. The summed E-state index contributed by atoms with van der Waals surface area (Å²) in [5.74, 6) is 0.332. The molecule has 2 heterocycles. The van der Waals surface area contributed by atoms with Crippen LogP contribution in [0.5, 0.6) is 11.5 Å². The number of rotatable bonds is 3. The Labute approximate surface area is 178 Å². The number of anilines is 1. The van der Waals surface area contributed by atoms with Crippen LogP contribution in [0, 0.1) is 0 Å². The molecule has 0 aromatic heterocycles. The van der Waals surface area contributed by atoms with Crippen molar-refractivity contribution >= 4 is 40.7 Å². The number of likely N-dealkylation sites (tertiary alicyclic amines) is 1. The van der Waals surface area contributed by atoms with Gasteiger partial charge in [-0.25, -0.2) is 0 Å². The van der Waals surface area contributed by atoms with Crippen LogP contribution in [0.25, 0.3) is 0 Å². The lowest BCUT2D eigenvalue weighted by Crippen LogP contribution is -2.28. The predicted molar refractivity (Wildman–Crippen MR) is 112 cm³/mol. The number of amides is 2. The summed E-state index contributed by atoms with van der Waals surface area (Å²) in [7, 11) is 0. The molecule has 0 radical (unpaired) electrons. The van der Waals surface area contributed by atoms with Crippen LogP contribution in [0.15, 0.2) is 30.3 Å². The van der Waals surface area contributed by atoms with Crippen LogP contribution >= 0.6 is 23.2 Å². The fourth-order valence-corrected chi connectivity index (χ4v) is 3.89. The molecule has 2 aliphatic rings. The summed E-state index contributed by atoms with van der Waals surface area (Å²) in [5.41, 5.74) is 1.08. The second-order valence-corrected chi connectivity index (χ2v) is 7.82. The number of nitrogens with one attached hydrogen (secondary N) is 1. The highest BCUT2D eigenvalue weighted by molar-refractivity contribution is 6.33. The van der Waals surface area contributed by atoms with Crippen LogP contribution in [0.1, 0.15) is 40.0 Å². The standard InChI is InChI=1S/C21H20Cl2N2O4/c22-14-4-5-17(15(12-14)21(27)25-6-1-2-7-25)24-20(26)13-10-16(23)19-18(11-13)28-8-3-9-29-19/h4-5,10-12H,1-3,6-9H2,(H,24,26). The summed E-state index contributed by atoms with van der Waals surface area (Å²) in [4.78, 5) is 27.5. The van der Waals surface area contributed by atoms with Crippen molar-refractivity contribution in [1.82, 2.24) is 4.90 Å². The molecule has 1 saturated heterocycles. The SMILES string of the molecule is O=C(Nc1ccc(Cl)cc1C(=O)N1CCCC1)c1cc(Cl)c2c(c1)OCCCO2. The summed E-state index contributed by atoms with van der Waals surface area (Å²) in [5, 5.41) is 3.55. The zero-order valence-corrected chi connectivity index (χ0v) is 17.2. The predicted octanol–water partition coefficient (Wildman–Crippen LogP) is 4.64. The zero-order chi connectivity index (χ0) is 20.4. The summed E-state index contributed by atoms with van der Waals surface area (Å²) in [6.45, 7) is 2.40. The fourth-order valence-electron chi connectivity index (χ4n) is 3.45. The molecular formula is C21H20Cl2N2O4. The molecule has 8 heteroatoms.